The molecule has 1 unspecified atom stereocenters. The predicted octanol–water partition coefficient (Wildman–Crippen LogP) is 5.62. The van der Waals surface area contributed by atoms with Gasteiger partial charge in [-0.05, 0) is 51.1 Å². The summed E-state index contributed by atoms with van der Waals surface area (Å²) in [4.78, 5) is 28.8. The molecular formula is C25H25ClF4N4O3. The summed E-state index contributed by atoms with van der Waals surface area (Å²) in [6, 6.07) is 6.47. The number of halogens is 5. The number of aliphatic hydroxyl groups excluding tert-OH is 1. The maximum absolute atomic E-state index is 14.6. The van der Waals surface area contributed by atoms with Crippen molar-refractivity contribution in [1.82, 2.24) is 14.7 Å². The Kier molecular flexibility index (Phi) is 7.99. The molecule has 198 valence electrons. The number of urea groups is 1. The number of aliphatic hydroxyl groups is 1. The first-order valence-corrected chi connectivity index (χ1v) is 11.5. The zero-order valence-electron chi connectivity index (χ0n) is 20.5. The minimum absolute atomic E-state index is 0.130. The molecule has 1 heterocycles. The number of hydrogen-bond donors (Lipinski definition) is 1. The van der Waals surface area contributed by atoms with Gasteiger partial charge in [-0.3, -0.25) is 14.6 Å². The molecule has 1 N–H and O–H groups in total. The summed E-state index contributed by atoms with van der Waals surface area (Å²) in [5.41, 5.74) is -1.63. The third-order valence-electron chi connectivity index (χ3n) is 5.88. The van der Waals surface area contributed by atoms with E-state index in [9.17, 15) is 32.3 Å². The van der Waals surface area contributed by atoms with E-state index in [0.717, 1.165) is 17.9 Å². The average Bonchev–Trinajstić information content (AvgIpc) is 2.83. The fourth-order valence-corrected chi connectivity index (χ4v) is 4.09. The first kappa shape index (κ1) is 28.1. The number of benzene rings is 2. The molecule has 1 aromatic heterocycles. The van der Waals surface area contributed by atoms with Crippen molar-refractivity contribution in [1.29, 1.82) is 0 Å². The molecule has 0 saturated carbocycles. The molecule has 1 atom stereocenters. The van der Waals surface area contributed by atoms with Gasteiger partial charge in [0.1, 0.15) is 5.69 Å². The number of hydrogen-bond acceptors (Lipinski definition) is 4. The van der Waals surface area contributed by atoms with Crippen LogP contribution in [0.15, 0.2) is 53.5 Å². The lowest BCUT2D eigenvalue weighted by Gasteiger charge is -2.32. The van der Waals surface area contributed by atoms with E-state index in [4.69, 9.17) is 11.6 Å². The minimum atomic E-state index is -4.74. The van der Waals surface area contributed by atoms with Crippen LogP contribution in [-0.2, 0) is 0 Å². The fraction of sp³-hybridized carbons (Fsp3) is 0.320. The van der Waals surface area contributed by atoms with Crippen molar-refractivity contribution in [2.24, 2.45) is 0 Å². The van der Waals surface area contributed by atoms with Crippen molar-refractivity contribution >= 4 is 34.1 Å². The first-order chi connectivity index (χ1) is 17.2. The van der Waals surface area contributed by atoms with E-state index < -0.39 is 47.5 Å². The van der Waals surface area contributed by atoms with Gasteiger partial charge in [0.05, 0.1) is 28.6 Å². The molecule has 0 spiro atoms. The summed E-state index contributed by atoms with van der Waals surface area (Å²) in [6.45, 7) is 7.47. The van der Waals surface area contributed by atoms with Crippen molar-refractivity contribution in [2.75, 3.05) is 18.6 Å². The van der Waals surface area contributed by atoms with Gasteiger partial charge in [-0.25, -0.2) is 9.18 Å². The van der Waals surface area contributed by atoms with Crippen LogP contribution in [0.1, 0.15) is 32.4 Å². The lowest BCUT2D eigenvalue weighted by atomic mass is 10.00. The highest BCUT2D eigenvalue weighted by Gasteiger charge is 2.40. The Morgan fingerprint density at radius 1 is 1.19 bits per heavy atom. The van der Waals surface area contributed by atoms with E-state index in [1.165, 1.54) is 42.3 Å². The molecule has 0 aliphatic carbocycles. The Morgan fingerprint density at radius 2 is 1.84 bits per heavy atom. The number of rotatable bonds is 6. The summed E-state index contributed by atoms with van der Waals surface area (Å²) in [7, 11) is 1.39. The molecule has 0 saturated heterocycles. The SMILES string of the molecule is C=C(CO)N(C(=O)N(C)c1ccc2c(=O)n(-c3c(F)cccc3Cl)nc(C(C)C(F)(F)F)c2c1)C(C)C. The van der Waals surface area contributed by atoms with E-state index in [1.54, 1.807) is 13.8 Å². The number of amides is 2. The number of carbonyl (C=O) groups is 1. The molecule has 0 radical (unpaired) electrons. The summed E-state index contributed by atoms with van der Waals surface area (Å²) in [5.74, 6) is -3.09. The van der Waals surface area contributed by atoms with Crippen molar-refractivity contribution in [3.05, 3.63) is 75.6 Å². The third-order valence-corrected chi connectivity index (χ3v) is 6.19. The van der Waals surface area contributed by atoms with Crippen LogP contribution >= 0.6 is 11.6 Å². The van der Waals surface area contributed by atoms with E-state index in [0.29, 0.717) is 4.68 Å². The Bertz CT molecular complexity index is 1400. The summed E-state index contributed by atoms with van der Waals surface area (Å²) < 4.78 is 56.6. The number of para-hydroxylation sites is 1. The van der Waals surface area contributed by atoms with Gasteiger partial charge in [0.25, 0.3) is 5.56 Å². The Morgan fingerprint density at radius 3 is 2.38 bits per heavy atom. The van der Waals surface area contributed by atoms with E-state index in [-0.39, 0.29) is 33.2 Å². The number of anilines is 1. The van der Waals surface area contributed by atoms with Gasteiger partial charge in [0.2, 0.25) is 0 Å². The van der Waals surface area contributed by atoms with Gasteiger partial charge < -0.3 is 5.11 Å². The van der Waals surface area contributed by atoms with Crippen LogP contribution < -0.4 is 10.5 Å². The van der Waals surface area contributed by atoms with Gasteiger partial charge in [-0.15, -0.1) is 0 Å². The minimum Gasteiger partial charge on any atom is -0.390 e. The molecular weight excluding hydrogens is 516 g/mol. The number of nitrogens with zero attached hydrogens (tertiary/aromatic N) is 4. The molecule has 2 amide bonds. The largest absolute Gasteiger partial charge is 0.397 e. The standard InChI is InChI=1S/C25H25ClF4N4O3/c1-13(2)33(14(3)12-35)24(37)32(5)16-9-10-17-18(11-16)21(15(4)25(28,29)30)31-34(23(17)36)22-19(26)7-6-8-20(22)27/h6-11,13,15,35H,3,12H2,1-2,4-5H3. The van der Waals surface area contributed by atoms with Gasteiger partial charge >= 0.3 is 12.2 Å². The van der Waals surface area contributed by atoms with Gasteiger partial charge in [-0.1, -0.05) is 24.2 Å². The highest BCUT2D eigenvalue weighted by Crippen LogP contribution is 2.37. The summed E-state index contributed by atoms with van der Waals surface area (Å²) in [6.07, 6.45) is -4.74. The highest BCUT2D eigenvalue weighted by molar-refractivity contribution is 6.32. The average molecular weight is 541 g/mol. The predicted molar refractivity (Wildman–Crippen MR) is 134 cm³/mol. The zero-order valence-corrected chi connectivity index (χ0v) is 21.2. The number of fused-ring (bicyclic) bond motifs is 1. The van der Waals surface area contributed by atoms with Crippen LogP contribution in [0.5, 0.6) is 0 Å². The molecule has 0 aliphatic rings. The lowest BCUT2D eigenvalue weighted by Crippen LogP contribution is -2.44. The van der Waals surface area contributed by atoms with Crippen LogP contribution in [0.2, 0.25) is 5.02 Å². The summed E-state index contributed by atoms with van der Waals surface area (Å²) in [5, 5.41) is 12.8. The van der Waals surface area contributed by atoms with Gasteiger partial charge in [0.15, 0.2) is 5.82 Å². The zero-order chi connectivity index (χ0) is 27.8. The molecule has 3 rings (SSSR count). The van der Waals surface area contributed by atoms with Crippen molar-refractivity contribution in [3.8, 4) is 5.69 Å². The maximum atomic E-state index is 14.6. The molecule has 7 nitrogen and oxygen atoms in total. The number of aromatic nitrogens is 2. The van der Waals surface area contributed by atoms with Crippen LogP contribution in [-0.4, -0.2) is 51.7 Å². The van der Waals surface area contributed by atoms with Crippen LogP contribution in [0.25, 0.3) is 16.5 Å². The molecule has 12 heteroatoms. The molecule has 2 aromatic carbocycles. The highest BCUT2D eigenvalue weighted by atomic mass is 35.5. The Hall–Kier alpha value is -3.44. The van der Waals surface area contributed by atoms with Crippen molar-refractivity contribution in [3.63, 3.8) is 0 Å². The van der Waals surface area contributed by atoms with Crippen molar-refractivity contribution in [2.45, 2.75) is 38.9 Å². The van der Waals surface area contributed by atoms with E-state index in [1.807, 2.05) is 0 Å². The van der Waals surface area contributed by atoms with E-state index in [2.05, 4.69) is 11.7 Å². The smallest absolute Gasteiger partial charge is 0.390 e. The second-order valence-electron chi connectivity index (χ2n) is 8.70. The molecule has 0 aliphatic heterocycles. The van der Waals surface area contributed by atoms with E-state index >= 15 is 0 Å². The second kappa shape index (κ2) is 10.5. The van der Waals surface area contributed by atoms with Crippen LogP contribution in [0, 0.1) is 5.82 Å². The topological polar surface area (TPSA) is 78.7 Å². The molecule has 37 heavy (non-hydrogen) atoms. The Balaban J connectivity index is 2.29. The lowest BCUT2D eigenvalue weighted by molar-refractivity contribution is -0.147. The number of alkyl halides is 3. The number of carbonyl (C=O) groups excluding carboxylic acids is 1. The first-order valence-electron chi connectivity index (χ1n) is 11.1. The van der Waals surface area contributed by atoms with Crippen LogP contribution in [0.3, 0.4) is 0 Å². The molecule has 3 aromatic rings. The molecule has 0 fully saturated rings. The quantitative estimate of drug-likeness (QED) is 0.412. The normalized spacial score (nSPS) is 12.6. The van der Waals surface area contributed by atoms with Gasteiger partial charge in [-0.2, -0.15) is 23.0 Å². The van der Waals surface area contributed by atoms with Crippen molar-refractivity contribution < 1.29 is 27.5 Å². The van der Waals surface area contributed by atoms with Crippen LogP contribution in [0.4, 0.5) is 28.0 Å². The molecule has 0 bridgehead atoms. The second-order valence-corrected chi connectivity index (χ2v) is 9.10. The fourth-order valence-electron chi connectivity index (χ4n) is 3.85. The van der Waals surface area contributed by atoms with Gasteiger partial charge in [0, 0.05) is 29.9 Å². The monoisotopic (exact) mass is 540 g/mol. The third kappa shape index (κ3) is 5.33. The maximum Gasteiger partial charge on any atom is 0.397 e. The summed E-state index contributed by atoms with van der Waals surface area (Å²) >= 11 is 6.07. The Labute approximate surface area is 215 Å².